The lowest BCUT2D eigenvalue weighted by Gasteiger charge is -2.52. The summed E-state index contributed by atoms with van der Waals surface area (Å²) in [5.74, 6) is 0. The maximum Gasteiger partial charge on any atom is 0.0591 e. The molecule has 0 unspecified atom stereocenters. The Morgan fingerprint density at radius 1 is 1.38 bits per heavy atom. The summed E-state index contributed by atoms with van der Waals surface area (Å²) in [5.41, 5.74) is 7.34. The topological polar surface area (TPSA) is 35.2 Å². The van der Waals surface area contributed by atoms with Crippen LogP contribution in [0.3, 0.4) is 0 Å². The fraction of sp³-hybridized carbons (Fsp3) is 0.538. The first kappa shape index (κ1) is 12.1. The van der Waals surface area contributed by atoms with Crippen molar-refractivity contribution in [2.24, 2.45) is 11.1 Å². The van der Waals surface area contributed by atoms with Gasteiger partial charge in [-0.25, -0.2) is 0 Å². The summed E-state index contributed by atoms with van der Waals surface area (Å²) in [5, 5.41) is 0. The summed E-state index contributed by atoms with van der Waals surface area (Å²) in [6, 6.07) is 8.37. The quantitative estimate of drug-likeness (QED) is 0.926. The zero-order valence-electron chi connectivity index (χ0n) is 9.79. The van der Waals surface area contributed by atoms with E-state index in [4.69, 9.17) is 10.5 Å². The maximum absolute atomic E-state index is 5.92. The van der Waals surface area contributed by atoms with Crippen LogP contribution >= 0.6 is 15.9 Å². The molecule has 1 aliphatic rings. The molecule has 2 N–H and O–H groups in total. The van der Waals surface area contributed by atoms with Crippen molar-refractivity contribution >= 4 is 15.9 Å². The van der Waals surface area contributed by atoms with Gasteiger partial charge in [-0.05, 0) is 23.6 Å². The number of benzene rings is 1. The van der Waals surface area contributed by atoms with Gasteiger partial charge in [-0.15, -0.1) is 0 Å². The van der Waals surface area contributed by atoms with Crippen LogP contribution in [0.5, 0.6) is 0 Å². The number of rotatable bonds is 3. The molecular formula is C13H18BrNO. The molecule has 0 bridgehead atoms. The summed E-state index contributed by atoms with van der Waals surface area (Å²) in [7, 11) is 0. The molecule has 0 amide bonds. The highest BCUT2D eigenvalue weighted by Crippen LogP contribution is 2.48. The molecule has 88 valence electrons. The Kier molecular flexibility index (Phi) is 3.12. The third kappa shape index (κ3) is 1.62. The van der Waals surface area contributed by atoms with Crippen molar-refractivity contribution in [2.75, 3.05) is 19.8 Å². The number of hydrogen-bond donors (Lipinski definition) is 1. The van der Waals surface area contributed by atoms with Crippen LogP contribution in [0.4, 0.5) is 0 Å². The summed E-state index contributed by atoms with van der Waals surface area (Å²) >= 11 is 3.63. The van der Waals surface area contributed by atoms with Gasteiger partial charge in [0.15, 0.2) is 0 Å². The molecule has 2 nitrogen and oxygen atoms in total. The number of halogens is 1. The minimum Gasteiger partial charge on any atom is -0.379 e. The second kappa shape index (κ2) is 4.13. The normalized spacial score (nSPS) is 19.2. The number of nitrogens with two attached hydrogens (primary N) is 1. The molecule has 1 aliphatic heterocycles. The van der Waals surface area contributed by atoms with Gasteiger partial charge in [0.05, 0.1) is 13.2 Å². The third-order valence-electron chi connectivity index (χ3n) is 3.89. The van der Waals surface area contributed by atoms with Crippen molar-refractivity contribution in [1.82, 2.24) is 0 Å². The first-order valence-corrected chi connectivity index (χ1v) is 6.36. The summed E-state index contributed by atoms with van der Waals surface area (Å²) in [6.07, 6.45) is 0. The summed E-state index contributed by atoms with van der Waals surface area (Å²) < 4.78 is 6.61. The van der Waals surface area contributed by atoms with Crippen LogP contribution in [-0.4, -0.2) is 19.8 Å². The second-order valence-corrected chi connectivity index (χ2v) is 6.00. The van der Waals surface area contributed by atoms with Crippen molar-refractivity contribution in [3.8, 4) is 0 Å². The molecule has 0 spiro atoms. The first-order chi connectivity index (χ1) is 7.53. The van der Waals surface area contributed by atoms with Gasteiger partial charge in [0, 0.05) is 9.89 Å². The first-order valence-electron chi connectivity index (χ1n) is 5.56. The Labute approximate surface area is 105 Å². The average Bonchev–Trinajstić information content (AvgIpc) is 2.19. The minimum absolute atomic E-state index is 0.0507. The van der Waals surface area contributed by atoms with E-state index in [0.717, 1.165) is 17.7 Å². The molecule has 0 radical (unpaired) electrons. The van der Waals surface area contributed by atoms with Crippen LogP contribution in [0.25, 0.3) is 0 Å². The van der Waals surface area contributed by atoms with Crippen LogP contribution < -0.4 is 5.73 Å². The Morgan fingerprint density at radius 3 is 2.44 bits per heavy atom. The SMILES string of the molecule is CC(C)(CN)C1(c2ccccc2Br)COC1. The van der Waals surface area contributed by atoms with E-state index in [9.17, 15) is 0 Å². The van der Waals surface area contributed by atoms with E-state index in [1.807, 2.05) is 6.07 Å². The van der Waals surface area contributed by atoms with Crippen LogP contribution in [0.1, 0.15) is 19.4 Å². The van der Waals surface area contributed by atoms with E-state index in [0.29, 0.717) is 6.54 Å². The lowest BCUT2D eigenvalue weighted by molar-refractivity contribution is -0.116. The van der Waals surface area contributed by atoms with E-state index < -0.39 is 0 Å². The monoisotopic (exact) mass is 283 g/mol. The van der Waals surface area contributed by atoms with Crippen molar-refractivity contribution in [2.45, 2.75) is 19.3 Å². The highest BCUT2D eigenvalue weighted by atomic mass is 79.9. The number of ether oxygens (including phenoxy) is 1. The fourth-order valence-electron chi connectivity index (χ4n) is 2.26. The van der Waals surface area contributed by atoms with Gasteiger partial charge in [0.25, 0.3) is 0 Å². The van der Waals surface area contributed by atoms with E-state index in [1.165, 1.54) is 5.56 Å². The minimum atomic E-state index is 0.0507. The molecule has 0 aliphatic carbocycles. The molecule has 1 aromatic carbocycles. The molecule has 1 heterocycles. The molecular weight excluding hydrogens is 266 g/mol. The van der Waals surface area contributed by atoms with Crippen molar-refractivity contribution in [3.05, 3.63) is 34.3 Å². The van der Waals surface area contributed by atoms with Gasteiger partial charge >= 0.3 is 0 Å². The fourth-order valence-corrected chi connectivity index (χ4v) is 2.93. The molecule has 1 aromatic rings. The summed E-state index contributed by atoms with van der Waals surface area (Å²) in [4.78, 5) is 0. The Balaban J connectivity index is 2.47. The predicted molar refractivity (Wildman–Crippen MR) is 69.5 cm³/mol. The average molecular weight is 284 g/mol. The molecule has 0 atom stereocenters. The van der Waals surface area contributed by atoms with Crippen LogP contribution in [0.15, 0.2) is 28.7 Å². The van der Waals surface area contributed by atoms with Gasteiger partial charge in [-0.3, -0.25) is 0 Å². The molecule has 1 fully saturated rings. The lowest BCUT2D eigenvalue weighted by atomic mass is 9.60. The second-order valence-electron chi connectivity index (χ2n) is 5.14. The standard InChI is InChI=1S/C13H18BrNO/c1-12(2,7-15)13(8-16-9-13)10-5-3-4-6-11(10)14/h3-6H,7-9,15H2,1-2H3. The van der Waals surface area contributed by atoms with E-state index in [1.54, 1.807) is 0 Å². The van der Waals surface area contributed by atoms with Gasteiger partial charge in [-0.2, -0.15) is 0 Å². The van der Waals surface area contributed by atoms with Crippen molar-refractivity contribution in [1.29, 1.82) is 0 Å². The van der Waals surface area contributed by atoms with Gasteiger partial charge in [-0.1, -0.05) is 48.0 Å². The van der Waals surface area contributed by atoms with Crippen LogP contribution in [0.2, 0.25) is 0 Å². The van der Waals surface area contributed by atoms with E-state index in [2.05, 4.69) is 48.0 Å². The third-order valence-corrected chi connectivity index (χ3v) is 4.58. The van der Waals surface area contributed by atoms with E-state index >= 15 is 0 Å². The van der Waals surface area contributed by atoms with Gasteiger partial charge in [0.1, 0.15) is 0 Å². The van der Waals surface area contributed by atoms with Gasteiger partial charge < -0.3 is 10.5 Å². The predicted octanol–water partition coefficient (Wildman–Crippen LogP) is 2.70. The molecule has 0 saturated carbocycles. The zero-order chi connectivity index (χ0) is 11.8. The largest absolute Gasteiger partial charge is 0.379 e. The Bertz CT molecular complexity index is 385. The highest BCUT2D eigenvalue weighted by molar-refractivity contribution is 9.10. The van der Waals surface area contributed by atoms with E-state index in [-0.39, 0.29) is 10.8 Å². The molecule has 0 aromatic heterocycles. The Hall–Kier alpha value is -0.380. The zero-order valence-corrected chi connectivity index (χ0v) is 11.4. The smallest absolute Gasteiger partial charge is 0.0591 e. The van der Waals surface area contributed by atoms with Crippen LogP contribution in [0, 0.1) is 5.41 Å². The molecule has 16 heavy (non-hydrogen) atoms. The molecule has 1 saturated heterocycles. The molecule has 3 heteroatoms. The highest BCUT2D eigenvalue weighted by Gasteiger charge is 2.52. The Morgan fingerprint density at radius 2 is 2.00 bits per heavy atom. The number of hydrogen-bond acceptors (Lipinski definition) is 2. The van der Waals surface area contributed by atoms with Crippen molar-refractivity contribution in [3.63, 3.8) is 0 Å². The molecule has 2 rings (SSSR count). The van der Waals surface area contributed by atoms with Crippen molar-refractivity contribution < 1.29 is 4.74 Å². The summed E-state index contributed by atoms with van der Waals surface area (Å²) in [6.45, 7) is 6.63. The van der Waals surface area contributed by atoms with Crippen LogP contribution in [-0.2, 0) is 10.2 Å². The van der Waals surface area contributed by atoms with Gasteiger partial charge in [0.2, 0.25) is 0 Å². The maximum atomic E-state index is 5.92. The lowest BCUT2D eigenvalue weighted by Crippen LogP contribution is -2.59.